The van der Waals surface area contributed by atoms with Crippen LogP contribution >= 0.6 is 0 Å². The summed E-state index contributed by atoms with van der Waals surface area (Å²) in [6.07, 6.45) is 6.77. The second-order valence-electron chi connectivity index (χ2n) is 7.35. The average molecular weight is 391 g/mol. The average Bonchev–Trinajstić information content (AvgIpc) is 2.74. The molecule has 0 aromatic heterocycles. The molecule has 0 saturated heterocycles. The maximum atomic E-state index is 13.2. The summed E-state index contributed by atoms with van der Waals surface area (Å²) in [6, 6.07) is 14.4. The minimum absolute atomic E-state index is 0.00202. The highest BCUT2D eigenvalue weighted by Gasteiger charge is 2.18. The third-order valence-electron chi connectivity index (χ3n) is 5.30. The van der Waals surface area contributed by atoms with Crippen molar-refractivity contribution < 1.29 is 9.18 Å². The standard InChI is InChI=1S/C24H26FN3O/c1-2-23(20-11-10-18-7-3-4-8-19(18)13-20)28-24(29)21(14-26)16-27-15-17-6-5-9-22(25)12-17/h5-6,9-13,16,23,27H,2-4,7-8,15H2,1H3,(H,28,29)/b21-16-. The van der Waals surface area contributed by atoms with Gasteiger partial charge in [-0.2, -0.15) is 5.26 Å². The lowest BCUT2D eigenvalue weighted by Crippen LogP contribution is -2.30. The largest absolute Gasteiger partial charge is 0.386 e. The predicted molar refractivity (Wildman–Crippen MR) is 111 cm³/mol. The Labute approximate surface area is 171 Å². The van der Waals surface area contributed by atoms with Crippen molar-refractivity contribution in [3.8, 4) is 6.07 Å². The van der Waals surface area contributed by atoms with Gasteiger partial charge in [0.2, 0.25) is 0 Å². The first kappa shape index (κ1) is 20.6. The number of halogens is 1. The van der Waals surface area contributed by atoms with Crippen LogP contribution in [0.5, 0.6) is 0 Å². The number of nitriles is 1. The molecule has 0 saturated carbocycles. The molecule has 0 radical (unpaired) electrons. The molecule has 29 heavy (non-hydrogen) atoms. The van der Waals surface area contributed by atoms with Crippen LogP contribution in [0.25, 0.3) is 0 Å². The summed E-state index contributed by atoms with van der Waals surface area (Å²) < 4.78 is 13.2. The number of fused-ring (bicyclic) bond motifs is 1. The fraction of sp³-hybridized carbons (Fsp3) is 0.333. The van der Waals surface area contributed by atoms with Gasteiger partial charge in [0.25, 0.3) is 5.91 Å². The Morgan fingerprint density at radius 1 is 1.21 bits per heavy atom. The van der Waals surface area contributed by atoms with E-state index >= 15 is 0 Å². The van der Waals surface area contributed by atoms with Crippen LogP contribution in [0, 0.1) is 17.1 Å². The lowest BCUT2D eigenvalue weighted by Gasteiger charge is -2.21. The Hall–Kier alpha value is -3.13. The maximum Gasteiger partial charge on any atom is 0.263 e. The first-order valence-corrected chi connectivity index (χ1v) is 10.1. The van der Waals surface area contributed by atoms with Crippen molar-refractivity contribution in [3.63, 3.8) is 0 Å². The number of carbonyl (C=O) groups is 1. The molecule has 1 unspecified atom stereocenters. The summed E-state index contributed by atoms with van der Waals surface area (Å²) in [6.45, 7) is 2.35. The molecular weight excluding hydrogens is 365 g/mol. The number of carbonyl (C=O) groups excluding carboxylic acids is 1. The van der Waals surface area contributed by atoms with Crippen LogP contribution in [-0.2, 0) is 24.2 Å². The van der Waals surface area contributed by atoms with Crippen molar-refractivity contribution in [3.05, 3.63) is 82.3 Å². The first-order chi connectivity index (χ1) is 14.1. The molecule has 2 N–H and O–H groups in total. The molecule has 4 nitrogen and oxygen atoms in total. The minimum Gasteiger partial charge on any atom is -0.386 e. The van der Waals surface area contributed by atoms with Gasteiger partial charge in [0, 0.05) is 12.7 Å². The van der Waals surface area contributed by atoms with E-state index in [1.807, 2.05) is 13.0 Å². The molecule has 2 aromatic carbocycles. The van der Waals surface area contributed by atoms with Crippen molar-refractivity contribution >= 4 is 5.91 Å². The van der Waals surface area contributed by atoms with Crippen LogP contribution < -0.4 is 10.6 Å². The Balaban J connectivity index is 1.65. The molecule has 2 aromatic rings. The molecule has 0 bridgehead atoms. The molecule has 5 heteroatoms. The second kappa shape index (κ2) is 9.88. The van der Waals surface area contributed by atoms with Gasteiger partial charge in [-0.3, -0.25) is 4.79 Å². The van der Waals surface area contributed by atoms with E-state index in [1.54, 1.807) is 12.1 Å². The third-order valence-corrected chi connectivity index (χ3v) is 5.30. The number of rotatable bonds is 7. The lowest BCUT2D eigenvalue weighted by atomic mass is 9.88. The normalized spacial score (nSPS) is 14.4. The quantitative estimate of drug-likeness (QED) is 0.541. The number of amides is 1. The summed E-state index contributed by atoms with van der Waals surface area (Å²) in [5.74, 6) is -0.730. The van der Waals surface area contributed by atoms with Gasteiger partial charge in [-0.05, 0) is 66.5 Å². The number of benzene rings is 2. The zero-order valence-electron chi connectivity index (χ0n) is 16.7. The highest BCUT2D eigenvalue weighted by Crippen LogP contribution is 2.26. The highest BCUT2D eigenvalue weighted by molar-refractivity contribution is 5.97. The molecule has 1 aliphatic rings. The Kier molecular flexibility index (Phi) is 7.02. The Bertz CT molecular complexity index is 945. The fourth-order valence-electron chi connectivity index (χ4n) is 3.69. The monoisotopic (exact) mass is 391 g/mol. The van der Waals surface area contributed by atoms with Gasteiger partial charge in [-0.1, -0.05) is 37.3 Å². The molecule has 1 aliphatic carbocycles. The molecular formula is C24H26FN3O. The van der Waals surface area contributed by atoms with Gasteiger partial charge in [-0.25, -0.2) is 4.39 Å². The SMILES string of the molecule is CCC(NC(=O)/C(C#N)=C\NCc1cccc(F)c1)c1ccc2c(c1)CCCC2. The van der Waals surface area contributed by atoms with E-state index in [0.29, 0.717) is 6.54 Å². The summed E-state index contributed by atoms with van der Waals surface area (Å²) in [7, 11) is 0. The predicted octanol–water partition coefficient (Wildman–Crippen LogP) is 4.47. The van der Waals surface area contributed by atoms with Gasteiger partial charge in [-0.15, -0.1) is 0 Å². The minimum atomic E-state index is -0.413. The van der Waals surface area contributed by atoms with Gasteiger partial charge < -0.3 is 10.6 Å². The van der Waals surface area contributed by atoms with Crippen LogP contribution in [0.3, 0.4) is 0 Å². The second-order valence-corrected chi connectivity index (χ2v) is 7.35. The zero-order valence-corrected chi connectivity index (χ0v) is 16.7. The highest BCUT2D eigenvalue weighted by atomic mass is 19.1. The molecule has 1 amide bonds. The van der Waals surface area contributed by atoms with E-state index in [2.05, 4.69) is 28.8 Å². The van der Waals surface area contributed by atoms with E-state index in [0.717, 1.165) is 30.4 Å². The van der Waals surface area contributed by atoms with Crippen molar-refractivity contribution in [1.29, 1.82) is 5.26 Å². The smallest absolute Gasteiger partial charge is 0.263 e. The van der Waals surface area contributed by atoms with Crippen LogP contribution in [0.4, 0.5) is 4.39 Å². The molecule has 0 spiro atoms. The summed E-state index contributed by atoms with van der Waals surface area (Å²) >= 11 is 0. The summed E-state index contributed by atoms with van der Waals surface area (Å²) in [5.41, 5.74) is 4.58. The van der Waals surface area contributed by atoms with Gasteiger partial charge in [0.05, 0.1) is 6.04 Å². The number of hydrogen-bond acceptors (Lipinski definition) is 3. The van der Waals surface area contributed by atoms with Gasteiger partial charge in [0.15, 0.2) is 0 Å². The number of nitrogens with one attached hydrogen (secondary N) is 2. The zero-order chi connectivity index (χ0) is 20.6. The molecule has 1 atom stereocenters. The molecule has 0 aliphatic heterocycles. The maximum absolute atomic E-state index is 13.2. The van der Waals surface area contributed by atoms with E-state index in [4.69, 9.17) is 0 Å². The van der Waals surface area contributed by atoms with Crippen LogP contribution in [-0.4, -0.2) is 5.91 Å². The Morgan fingerprint density at radius 2 is 2.00 bits per heavy atom. The first-order valence-electron chi connectivity index (χ1n) is 10.1. The number of aryl methyl sites for hydroxylation is 2. The van der Waals surface area contributed by atoms with Crippen molar-refractivity contribution in [2.75, 3.05) is 0 Å². The van der Waals surface area contributed by atoms with E-state index in [-0.39, 0.29) is 17.4 Å². The van der Waals surface area contributed by atoms with Crippen molar-refractivity contribution in [1.82, 2.24) is 10.6 Å². The van der Waals surface area contributed by atoms with Crippen molar-refractivity contribution in [2.24, 2.45) is 0 Å². The van der Waals surface area contributed by atoms with Gasteiger partial charge in [0.1, 0.15) is 17.5 Å². The molecule has 3 rings (SSSR count). The van der Waals surface area contributed by atoms with Crippen LogP contribution in [0.2, 0.25) is 0 Å². The van der Waals surface area contributed by atoms with Crippen molar-refractivity contribution in [2.45, 2.75) is 51.6 Å². The summed E-state index contributed by atoms with van der Waals surface area (Å²) in [4.78, 5) is 12.6. The third kappa shape index (κ3) is 5.45. The topological polar surface area (TPSA) is 64.9 Å². The molecule has 0 fully saturated rings. The number of hydrogen-bond donors (Lipinski definition) is 2. The molecule has 150 valence electrons. The number of nitrogens with zero attached hydrogens (tertiary/aromatic N) is 1. The summed E-state index contributed by atoms with van der Waals surface area (Å²) in [5, 5.41) is 15.3. The molecule has 0 heterocycles. The van der Waals surface area contributed by atoms with E-state index in [9.17, 15) is 14.4 Å². The van der Waals surface area contributed by atoms with Gasteiger partial charge >= 0.3 is 0 Å². The van der Waals surface area contributed by atoms with Crippen LogP contribution in [0.15, 0.2) is 54.2 Å². The van der Waals surface area contributed by atoms with E-state index < -0.39 is 5.91 Å². The fourth-order valence-corrected chi connectivity index (χ4v) is 3.69. The van der Waals surface area contributed by atoms with E-state index in [1.165, 1.54) is 42.3 Å². The lowest BCUT2D eigenvalue weighted by molar-refractivity contribution is -0.117. The van der Waals surface area contributed by atoms with Crippen LogP contribution in [0.1, 0.15) is 54.5 Å². The Morgan fingerprint density at radius 3 is 2.72 bits per heavy atom.